The van der Waals surface area contributed by atoms with Crippen LogP contribution >= 0.6 is 0 Å². The Morgan fingerprint density at radius 2 is 2.10 bits per heavy atom. The molecule has 1 aromatic heterocycles. The number of fused-ring (bicyclic) bond motifs is 1. The second kappa shape index (κ2) is 5.01. The van der Waals surface area contributed by atoms with Crippen LogP contribution in [0, 0.1) is 5.82 Å². The first-order valence-electron chi connectivity index (χ1n) is 6.40. The average Bonchev–Trinajstić information content (AvgIpc) is 2.89. The Balaban J connectivity index is 1.85. The lowest BCUT2D eigenvalue weighted by Gasteiger charge is -2.27. The van der Waals surface area contributed by atoms with E-state index in [2.05, 4.69) is 5.10 Å². The van der Waals surface area contributed by atoms with E-state index in [-0.39, 0.29) is 29.7 Å². The lowest BCUT2D eigenvalue weighted by atomic mass is 10.1. The van der Waals surface area contributed by atoms with Gasteiger partial charge < -0.3 is 10.0 Å². The van der Waals surface area contributed by atoms with Crippen LogP contribution in [0.2, 0.25) is 0 Å². The molecule has 0 atom stereocenters. The Kier molecular flexibility index (Phi) is 3.17. The van der Waals surface area contributed by atoms with Crippen LogP contribution < -0.4 is 0 Å². The number of halogens is 1. The number of nitrogens with zero attached hydrogens (tertiary/aromatic N) is 3. The van der Waals surface area contributed by atoms with E-state index >= 15 is 0 Å². The third kappa shape index (κ3) is 2.37. The van der Waals surface area contributed by atoms with Crippen LogP contribution in [0.25, 0.3) is 0 Å². The SMILES string of the molecule is O=C(O)c1cc2n(n1)CCN(Cc1ccccc1F)C2=O. The number of rotatable bonds is 3. The highest BCUT2D eigenvalue weighted by Crippen LogP contribution is 2.17. The summed E-state index contributed by atoms with van der Waals surface area (Å²) in [6, 6.07) is 7.51. The zero-order valence-electron chi connectivity index (χ0n) is 11.0. The Morgan fingerprint density at radius 3 is 2.81 bits per heavy atom. The van der Waals surface area contributed by atoms with Crippen molar-refractivity contribution in [2.75, 3.05) is 6.54 Å². The topological polar surface area (TPSA) is 75.4 Å². The molecule has 1 aliphatic rings. The average molecular weight is 289 g/mol. The van der Waals surface area contributed by atoms with Crippen molar-refractivity contribution < 1.29 is 19.1 Å². The van der Waals surface area contributed by atoms with E-state index in [0.29, 0.717) is 18.7 Å². The van der Waals surface area contributed by atoms with Gasteiger partial charge in [-0.1, -0.05) is 18.2 Å². The highest BCUT2D eigenvalue weighted by atomic mass is 19.1. The fourth-order valence-electron chi connectivity index (χ4n) is 2.33. The van der Waals surface area contributed by atoms with Gasteiger partial charge >= 0.3 is 5.97 Å². The fourth-order valence-corrected chi connectivity index (χ4v) is 2.33. The van der Waals surface area contributed by atoms with Gasteiger partial charge in [-0.2, -0.15) is 5.10 Å². The summed E-state index contributed by atoms with van der Waals surface area (Å²) in [5, 5.41) is 12.8. The summed E-state index contributed by atoms with van der Waals surface area (Å²) < 4.78 is 15.0. The van der Waals surface area contributed by atoms with Gasteiger partial charge in [0.1, 0.15) is 11.5 Å². The maximum atomic E-state index is 13.6. The number of aromatic carboxylic acids is 1. The van der Waals surface area contributed by atoms with Crippen molar-refractivity contribution in [1.29, 1.82) is 0 Å². The Morgan fingerprint density at radius 1 is 1.33 bits per heavy atom. The van der Waals surface area contributed by atoms with Crippen molar-refractivity contribution in [2.24, 2.45) is 0 Å². The minimum absolute atomic E-state index is 0.152. The van der Waals surface area contributed by atoms with Gasteiger partial charge in [-0.25, -0.2) is 9.18 Å². The molecule has 0 unspecified atom stereocenters. The molecule has 1 amide bonds. The third-order valence-corrected chi connectivity index (χ3v) is 3.41. The summed E-state index contributed by atoms with van der Waals surface area (Å²) >= 11 is 0. The molecule has 7 heteroatoms. The molecule has 0 aliphatic carbocycles. The van der Waals surface area contributed by atoms with Crippen LogP contribution in [0.3, 0.4) is 0 Å². The Hall–Kier alpha value is -2.70. The van der Waals surface area contributed by atoms with E-state index in [1.54, 1.807) is 18.2 Å². The smallest absolute Gasteiger partial charge is 0.356 e. The molecule has 0 radical (unpaired) electrons. The monoisotopic (exact) mass is 289 g/mol. The lowest BCUT2D eigenvalue weighted by Crippen LogP contribution is -2.40. The molecule has 0 fully saturated rings. The number of carbonyl (C=O) groups is 2. The zero-order chi connectivity index (χ0) is 15.0. The van der Waals surface area contributed by atoms with Gasteiger partial charge in [-0.3, -0.25) is 9.48 Å². The number of amides is 1. The fraction of sp³-hybridized carbons (Fsp3) is 0.214. The van der Waals surface area contributed by atoms with E-state index in [1.165, 1.54) is 21.7 Å². The number of carboxylic acids is 1. The lowest BCUT2D eigenvalue weighted by molar-refractivity contribution is 0.0669. The molecule has 0 spiro atoms. The largest absolute Gasteiger partial charge is 0.476 e. The Labute approximate surface area is 119 Å². The second-order valence-corrected chi connectivity index (χ2v) is 4.76. The van der Waals surface area contributed by atoms with Crippen molar-refractivity contribution in [3.8, 4) is 0 Å². The first-order chi connectivity index (χ1) is 10.1. The first kappa shape index (κ1) is 13.3. The van der Waals surface area contributed by atoms with Gasteiger partial charge in [0.05, 0.1) is 6.54 Å². The van der Waals surface area contributed by atoms with Crippen LogP contribution in [-0.4, -0.2) is 38.2 Å². The molecule has 21 heavy (non-hydrogen) atoms. The van der Waals surface area contributed by atoms with E-state index in [0.717, 1.165) is 0 Å². The summed E-state index contributed by atoms with van der Waals surface area (Å²) in [5.74, 6) is -1.88. The normalized spacial score (nSPS) is 14.1. The van der Waals surface area contributed by atoms with Crippen molar-refractivity contribution in [3.63, 3.8) is 0 Å². The van der Waals surface area contributed by atoms with Crippen molar-refractivity contribution in [1.82, 2.24) is 14.7 Å². The Bertz CT molecular complexity index is 726. The summed E-state index contributed by atoms with van der Waals surface area (Å²) in [6.07, 6.45) is 0. The summed E-state index contributed by atoms with van der Waals surface area (Å²) in [5.41, 5.74) is 0.485. The molecule has 2 aromatic rings. The van der Waals surface area contributed by atoms with Gasteiger partial charge in [0.25, 0.3) is 5.91 Å². The standard InChI is InChI=1S/C14H12FN3O3/c15-10-4-2-1-3-9(10)8-17-5-6-18-12(13(17)19)7-11(16-18)14(20)21/h1-4,7H,5-6,8H2,(H,20,21). The van der Waals surface area contributed by atoms with Crippen LogP contribution in [0.15, 0.2) is 30.3 Å². The minimum atomic E-state index is -1.18. The highest BCUT2D eigenvalue weighted by Gasteiger charge is 2.28. The van der Waals surface area contributed by atoms with Gasteiger partial charge in [0, 0.05) is 24.7 Å². The van der Waals surface area contributed by atoms with Crippen molar-refractivity contribution in [2.45, 2.75) is 13.1 Å². The summed E-state index contributed by atoms with van der Waals surface area (Å²) in [4.78, 5) is 24.7. The summed E-state index contributed by atoms with van der Waals surface area (Å²) in [6.45, 7) is 0.906. The number of benzene rings is 1. The van der Waals surface area contributed by atoms with Crippen LogP contribution in [0.4, 0.5) is 4.39 Å². The third-order valence-electron chi connectivity index (χ3n) is 3.41. The van der Waals surface area contributed by atoms with Gasteiger partial charge in [-0.15, -0.1) is 0 Å². The highest BCUT2D eigenvalue weighted by molar-refractivity contribution is 5.96. The van der Waals surface area contributed by atoms with Gasteiger partial charge in [-0.05, 0) is 6.07 Å². The maximum absolute atomic E-state index is 13.6. The number of hydrogen-bond acceptors (Lipinski definition) is 3. The number of carbonyl (C=O) groups excluding carboxylic acids is 1. The van der Waals surface area contributed by atoms with Crippen molar-refractivity contribution in [3.05, 3.63) is 53.1 Å². The quantitative estimate of drug-likeness (QED) is 0.926. The predicted molar refractivity (Wildman–Crippen MR) is 70.3 cm³/mol. The molecule has 1 aliphatic heterocycles. The summed E-state index contributed by atoms with van der Waals surface area (Å²) in [7, 11) is 0. The van der Waals surface area contributed by atoms with Gasteiger partial charge in [0.2, 0.25) is 0 Å². The molecule has 2 heterocycles. The minimum Gasteiger partial charge on any atom is -0.476 e. The van der Waals surface area contributed by atoms with Crippen LogP contribution in [0.1, 0.15) is 26.5 Å². The molecule has 0 saturated heterocycles. The molecular weight excluding hydrogens is 277 g/mol. The first-order valence-corrected chi connectivity index (χ1v) is 6.40. The van der Waals surface area contributed by atoms with Crippen LogP contribution in [-0.2, 0) is 13.1 Å². The molecular formula is C14H12FN3O3. The number of hydrogen-bond donors (Lipinski definition) is 1. The molecule has 6 nitrogen and oxygen atoms in total. The molecule has 1 N–H and O–H groups in total. The number of aromatic nitrogens is 2. The van der Waals surface area contributed by atoms with E-state index in [4.69, 9.17) is 5.11 Å². The maximum Gasteiger partial charge on any atom is 0.356 e. The molecule has 108 valence electrons. The molecule has 0 saturated carbocycles. The second-order valence-electron chi connectivity index (χ2n) is 4.76. The molecule has 0 bridgehead atoms. The molecule has 1 aromatic carbocycles. The van der Waals surface area contributed by atoms with E-state index < -0.39 is 5.97 Å². The number of carboxylic acid groups (broad SMARTS) is 1. The van der Waals surface area contributed by atoms with E-state index in [1.807, 2.05) is 0 Å². The zero-order valence-corrected chi connectivity index (χ0v) is 11.0. The van der Waals surface area contributed by atoms with Crippen LogP contribution in [0.5, 0.6) is 0 Å². The van der Waals surface area contributed by atoms with E-state index in [9.17, 15) is 14.0 Å². The predicted octanol–water partition coefficient (Wildman–Crippen LogP) is 1.38. The molecule has 3 rings (SSSR count). The van der Waals surface area contributed by atoms with Crippen molar-refractivity contribution >= 4 is 11.9 Å². The van der Waals surface area contributed by atoms with Gasteiger partial charge in [0.15, 0.2) is 5.69 Å².